The molecule has 0 spiro atoms. The van der Waals surface area contributed by atoms with Gasteiger partial charge in [-0.05, 0) is 30.5 Å². The van der Waals surface area contributed by atoms with E-state index in [1.54, 1.807) is 0 Å². The predicted molar refractivity (Wildman–Crippen MR) is 54.9 cm³/mol. The summed E-state index contributed by atoms with van der Waals surface area (Å²) in [6, 6.07) is 6.14. The number of benzene rings is 1. The highest BCUT2D eigenvalue weighted by molar-refractivity contribution is 5.88. The van der Waals surface area contributed by atoms with Crippen molar-refractivity contribution in [1.29, 1.82) is 5.26 Å². The van der Waals surface area contributed by atoms with Crippen molar-refractivity contribution in [2.24, 2.45) is 0 Å². The van der Waals surface area contributed by atoms with Gasteiger partial charge in [-0.25, -0.2) is 0 Å². The van der Waals surface area contributed by atoms with E-state index in [0.717, 1.165) is 17.3 Å². The maximum absolute atomic E-state index is 8.90. The third-order valence-corrected chi connectivity index (χ3v) is 2.53. The SMILES string of the molecule is CCc1c(C)ccc2[nH]nc(C#N)c12. The lowest BCUT2D eigenvalue weighted by atomic mass is 10.0. The number of aryl methyl sites for hydroxylation is 2. The van der Waals surface area contributed by atoms with Gasteiger partial charge in [-0.3, -0.25) is 5.10 Å². The van der Waals surface area contributed by atoms with Crippen LogP contribution in [-0.4, -0.2) is 10.2 Å². The van der Waals surface area contributed by atoms with Crippen molar-refractivity contribution in [2.75, 3.05) is 0 Å². The number of aromatic nitrogens is 2. The quantitative estimate of drug-likeness (QED) is 0.741. The minimum Gasteiger partial charge on any atom is -0.276 e. The molecule has 0 atom stereocenters. The molecule has 0 bridgehead atoms. The largest absolute Gasteiger partial charge is 0.276 e. The summed E-state index contributed by atoms with van der Waals surface area (Å²) in [6.45, 7) is 4.16. The van der Waals surface area contributed by atoms with Crippen molar-refractivity contribution in [2.45, 2.75) is 20.3 Å². The predicted octanol–water partition coefficient (Wildman–Crippen LogP) is 2.31. The molecule has 0 unspecified atom stereocenters. The molecule has 1 heterocycles. The second-order valence-electron chi connectivity index (χ2n) is 3.32. The normalized spacial score (nSPS) is 10.4. The van der Waals surface area contributed by atoms with Gasteiger partial charge in [0.05, 0.1) is 5.52 Å². The monoisotopic (exact) mass is 185 g/mol. The standard InChI is InChI=1S/C11H11N3/c1-3-8-7(2)4-5-9-11(8)10(6-12)14-13-9/h4-5H,3H2,1-2H3,(H,13,14). The van der Waals surface area contributed by atoms with E-state index in [0.29, 0.717) is 5.69 Å². The van der Waals surface area contributed by atoms with Crippen LogP contribution in [0.4, 0.5) is 0 Å². The summed E-state index contributed by atoms with van der Waals surface area (Å²) in [6.07, 6.45) is 0.928. The Kier molecular flexibility index (Phi) is 1.97. The smallest absolute Gasteiger partial charge is 0.170 e. The summed E-state index contributed by atoms with van der Waals surface area (Å²) in [7, 11) is 0. The van der Waals surface area contributed by atoms with E-state index in [1.807, 2.05) is 6.07 Å². The molecule has 70 valence electrons. The van der Waals surface area contributed by atoms with Crippen LogP contribution in [0.2, 0.25) is 0 Å². The fourth-order valence-corrected chi connectivity index (χ4v) is 1.82. The summed E-state index contributed by atoms with van der Waals surface area (Å²) in [5.74, 6) is 0. The zero-order valence-corrected chi connectivity index (χ0v) is 8.26. The van der Waals surface area contributed by atoms with Gasteiger partial charge in [-0.2, -0.15) is 10.4 Å². The van der Waals surface area contributed by atoms with Crippen LogP contribution in [0.1, 0.15) is 23.7 Å². The number of aromatic amines is 1. The fraction of sp³-hybridized carbons (Fsp3) is 0.273. The van der Waals surface area contributed by atoms with Crippen LogP contribution in [0.5, 0.6) is 0 Å². The molecule has 3 heteroatoms. The Bertz CT molecular complexity index is 517. The molecule has 0 aliphatic rings. The molecule has 0 amide bonds. The van der Waals surface area contributed by atoms with Crippen LogP contribution < -0.4 is 0 Å². The van der Waals surface area contributed by atoms with E-state index in [1.165, 1.54) is 11.1 Å². The van der Waals surface area contributed by atoms with Gasteiger partial charge in [0.15, 0.2) is 5.69 Å². The van der Waals surface area contributed by atoms with Gasteiger partial charge in [-0.1, -0.05) is 13.0 Å². The van der Waals surface area contributed by atoms with Gasteiger partial charge in [0, 0.05) is 5.39 Å². The van der Waals surface area contributed by atoms with Crippen molar-refractivity contribution < 1.29 is 0 Å². The van der Waals surface area contributed by atoms with Crippen LogP contribution >= 0.6 is 0 Å². The number of nitrogens with one attached hydrogen (secondary N) is 1. The molecule has 1 N–H and O–H groups in total. The third kappa shape index (κ3) is 1.08. The molecule has 2 rings (SSSR count). The Morgan fingerprint density at radius 1 is 1.50 bits per heavy atom. The Hall–Kier alpha value is -1.82. The van der Waals surface area contributed by atoms with Gasteiger partial charge in [0.1, 0.15) is 6.07 Å². The van der Waals surface area contributed by atoms with Crippen LogP contribution in [-0.2, 0) is 6.42 Å². The number of H-pyrrole nitrogens is 1. The molecule has 0 aliphatic carbocycles. The Balaban J connectivity index is 2.90. The van der Waals surface area contributed by atoms with Crippen LogP contribution in [0.25, 0.3) is 10.9 Å². The molecule has 0 aliphatic heterocycles. The highest BCUT2D eigenvalue weighted by Gasteiger charge is 2.10. The lowest BCUT2D eigenvalue weighted by Crippen LogP contribution is -1.88. The molecule has 0 saturated carbocycles. The molecule has 1 aromatic heterocycles. The second-order valence-corrected chi connectivity index (χ2v) is 3.32. The van der Waals surface area contributed by atoms with Crippen molar-refractivity contribution in [3.05, 3.63) is 29.0 Å². The zero-order valence-electron chi connectivity index (χ0n) is 8.26. The summed E-state index contributed by atoms with van der Waals surface area (Å²) in [5.41, 5.74) is 3.88. The van der Waals surface area contributed by atoms with Gasteiger partial charge in [0.25, 0.3) is 0 Å². The van der Waals surface area contributed by atoms with E-state index >= 15 is 0 Å². The Morgan fingerprint density at radius 3 is 2.93 bits per heavy atom. The number of hydrogen-bond donors (Lipinski definition) is 1. The van der Waals surface area contributed by atoms with Crippen molar-refractivity contribution in [1.82, 2.24) is 10.2 Å². The Morgan fingerprint density at radius 2 is 2.29 bits per heavy atom. The lowest BCUT2D eigenvalue weighted by molar-refractivity contribution is 1.10. The van der Waals surface area contributed by atoms with E-state index < -0.39 is 0 Å². The number of hydrogen-bond acceptors (Lipinski definition) is 2. The minimum absolute atomic E-state index is 0.501. The maximum atomic E-state index is 8.90. The molecular formula is C11H11N3. The first-order chi connectivity index (χ1) is 6.77. The summed E-state index contributed by atoms with van der Waals surface area (Å²) in [5, 5.41) is 16.7. The molecular weight excluding hydrogens is 174 g/mol. The molecule has 2 aromatic rings. The van der Waals surface area contributed by atoms with Crippen molar-refractivity contribution in [3.63, 3.8) is 0 Å². The van der Waals surface area contributed by atoms with E-state index in [9.17, 15) is 0 Å². The van der Waals surface area contributed by atoms with Crippen molar-refractivity contribution in [3.8, 4) is 6.07 Å². The zero-order chi connectivity index (χ0) is 10.1. The first-order valence-electron chi connectivity index (χ1n) is 4.64. The Labute approximate surface area is 82.4 Å². The number of nitrogens with zero attached hydrogens (tertiary/aromatic N) is 2. The maximum Gasteiger partial charge on any atom is 0.170 e. The van der Waals surface area contributed by atoms with Gasteiger partial charge in [-0.15, -0.1) is 0 Å². The van der Waals surface area contributed by atoms with Gasteiger partial charge in [0.2, 0.25) is 0 Å². The van der Waals surface area contributed by atoms with E-state index in [-0.39, 0.29) is 0 Å². The van der Waals surface area contributed by atoms with E-state index in [4.69, 9.17) is 5.26 Å². The molecule has 14 heavy (non-hydrogen) atoms. The van der Waals surface area contributed by atoms with E-state index in [2.05, 4.69) is 36.2 Å². The van der Waals surface area contributed by atoms with Gasteiger partial charge < -0.3 is 0 Å². The van der Waals surface area contributed by atoms with Gasteiger partial charge >= 0.3 is 0 Å². The summed E-state index contributed by atoms with van der Waals surface area (Å²) >= 11 is 0. The topological polar surface area (TPSA) is 52.5 Å². The molecule has 3 nitrogen and oxygen atoms in total. The average molecular weight is 185 g/mol. The highest BCUT2D eigenvalue weighted by atomic mass is 15.1. The van der Waals surface area contributed by atoms with Crippen LogP contribution in [0.3, 0.4) is 0 Å². The van der Waals surface area contributed by atoms with Crippen LogP contribution in [0.15, 0.2) is 12.1 Å². The summed E-state index contributed by atoms with van der Waals surface area (Å²) in [4.78, 5) is 0. The molecule has 0 saturated heterocycles. The minimum atomic E-state index is 0.501. The van der Waals surface area contributed by atoms with Crippen molar-refractivity contribution >= 4 is 10.9 Å². The highest BCUT2D eigenvalue weighted by Crippen LogP contribution is 2.23. The summed E-state index contributed by atoms with van der Waals surface area (Å²) < 4.78 is 0. The lowest BCUT2D eigenvalue weighted by Gasteiger charge is -2.03. The first-order valence-corrected chi connectivity index (χ1v) is 4.64. The van der Waals surface area contributed by atoms with Crippen LogP contribution in [0, 0.1) is 18.3 Å². The molecule has 0 fully saturated rings. The number of nitriles is 1. The number of rotatable bonds is 1. The second kappa shape index (κ2) is 3.15. The molecule has 1 aromatic carbocycles. The number of fused-ring (bicyclic) bond motifs is 1. The molecule has 0 radical (unpaired) electrons. The first kappa shape index (κ1) is 8.76. The average Bonchev–Trinajstić information content (AvgIpc) is 2.61. The third-order valence-electron chi connectivity index (χ3n) is 2.53. The fourth-order valence-electron chi connectivity index (χ4n) is 1.82.